The lowest BCUT2D eigenvalue weighted by molar-refractivity contribution is -0.122. The molecule has 2 aromatic rings. The van der Waals surface area contributed by atoms with E-state index in [0.717, 1.165) is 8.47 Å². The van der Waals surface area contributed by atoms with Gasteiger partial charge in [-0.2, -0.15) is 0 Å². The van der Waals surface area contributed by atoms with Crippen LogP contribution in [0.25, 0.3) is 6.08 Å². The van der Waals surface area contributed by atoms with Gasteiger partial charge in [0.25, 0.3) is 5.91 Å². The van der Waals surface area contributed by atoms with Crippen LogP contribution in [0.1, 0.15) is 25.0 Å². The van der Waals surface area contributed by atoms with Gasteiger partial charge >= 0.3 is 6.03 Å². The predicted octanol–water partition coefficient (Wildman–Crippen LogP) is 4.32. The Morgan fingerprint density at radius 1 is 1.17 bits per heavy atom. The normalized spacial score (nSPS) is 15.0. The van der Waals surface area contributed by atoms with Crippen LogP contribution in [0, 0.1) is 9.39 Å². The molecule has 1 aliphatic rings. The van der Waals surface area contributed by atoms with Crippen LogP contribution in [-0.2, 0) is 11.4 Å². The molecule has 152 valence electrons. The second kappa shape index (κ2) is 9.25. The smallest absolute Gasteiger partial charge is 0.328 e. The Kier molecular flexibility index (Phi) is 6.73. The molecule has 29 heavy (non-hydrogen) atoms. The third-order valence-corrected chi connectivity index (χ3v) is 5.05. The van der Waals surface area contributed by atoms with E-state index in [-0.39, 0.29) is 24.0 Å². The summed E-state index contributed by atoms with van der Waals surface area (Å²) in [5, 5.41) is 2.57. The molecular formula is C21H20FIN2O4. The third kappa shape index (κ3) is 4.69. The number of rotatable bonds is 7. The van der Waals surface area contributed by atoms with Gasteiger partial charge in [0, 0.05) is 12.1 Å². The number of benzene rings is 2. The number of urea groups is 1. The average molecular weight is 510 g/mol. The van der Waals surface area contributed by atoms with E-state index >= 15 is 0 Å². The first-order valence-electron chi connectivity index (χ1n) is 9.11. The van der Waals surface area contributed by atoms with E-state index in [1.54, 1.807) is 43.3 Å². The Labute approximate surface area is 181 Å². The Hall–Kier alpha value is -2.62. The number of likely N-dealkylation sites (N-methyl/N-ethyl adjacent to an activating group) is 1. The molecule has 1 N–H and O–H groups in total. The minimum Gasteiger partial charge on any atom is -0.490 e. The number of imide groups is 1. The molecule has 1 saturated heterocycles. The fourth-order valence-corrected chi connectivity index (χ4v) is 3.65. The van der Waals surface area contributed by atoms with E-state index in [0.29, 0.717) is 35.8 Å². The topological polar surface area (TPSA) is 67.9 Å². The summed E-state index contributed by atoms with van der Waals surface area (Å²) in [4.78, 5) is 25.2. The molecular weight excluding hydrogens is 490 g/mol. The first kappa shape index (κ1) is 21.1. The number of hydrogen-bond acceptors (Lipinski definition) is 4. The number of amides is 3. The molecule has 1 heterocycles. The van der Waals surface area contributed by atoms with Crippen LogP contribution in [0.5, 0.6) is 11.5 Å². The number of ether oxygens (including phenoxy) is 2. The second-order valence-corrected chi connectivity index (χ2v) is 7.34. The van der Waals surface area contributed by atoms with E-state index in [9.17, 15) is 14.0 Å². The summed E-state index contributed by atoms with van der Waals surface area (Å²) in [6.07, 6.45) is 1.60. The maximum absolute atomic E-state index is 13.9. The first-order chi connectivity index (χ1) is 13.9. The molecule has 0 aromatic heterocycles. The molecule has 3 amide bonds. The Morgan fingerprint density at radius 3 is 2.59 bits per heavy atom. The lowest BCUT2D eigenvalue weighted by Crippen LogP contribution is -2.30. The highest BCUT2D eigenvalue weighted by atomic mass is 127. The average Bonchev–Trinajstić information content (AvgIpc) is 2.95. The Morgan fingerprint density at radius 2 is 1.93 bits per heavy atom. The maximum atomic E-state index is 13.9. The molecule has 0 unspecified atom stereocenters. The highest BCUT2D eigenvalue weighted by Crippen LogP contribution is 2.35. The summed E-state index contributed by atoms with van der Waals surface area (Å²) in [7, 11) is 0. The zero-order valence-corrected chi connectivity index (χ0v) is 18.2. The molecule has 8 heteroatoms. The van der Waals surface area contributed by atoms with Gasteiger partial charge in [-0.05, 0) is 66.3 Å². The van der Waals surface area contributed by atoms with Crippen LogP contribution in [0.15, 0.2) is 42.1 Å². The van der Waals surface area contributed by atoms with Crippen molar-refractivity contribution in [3.8, 4) is 11.5 Å². The summed E-state index contributed by atoms with van der Waals surface area (Å²) in [5.74, 6) is 0.268. The molecule has 0 spiro atoms. The van der Waals surface area contributed by atoms with Crippen molar-refractivity contribution in [3.63, 3.8) is 0 Å². The Bertz CT molecular complexity index is 977. The molecule has 0 aliphatic carbocycles. The summed E-state index contributed by atoms with van der Waals surface area (Å²) in [5.41, 5.74) is 1.32. The van der Waals surface area contributed by atoms with Gasteiger partial charge in [0.15, 0.2) is 11.5 Å². The third-order valence-electron chi connectivity index (χ3n) is 4.25. The molecule has 0 bridgehead atoms. The lowest BCUT2D eigenvalue weighted by Gasteiger charge is -2.15. The van der Waals surface area contributed by atoms with Crippen LogP contribution in [-0.4, -0.2) is 30.0 Å². The zero-order valence-electron chi connectivity index (χ0n) is 16.0. The van der Waals surface area contributed by atoms with E-state index < -0.39 is 6.03 Å². The maximum Gasteiger partial charge on any atom is 0.328 e. The summed E-state index contributed by atoms with van der Waals surface area (Å²) < 4.78 is 26.2. The molecule has 0 radical (unpaired) electrons. The van der Waals surface area contributed by atoms with Crippen molar-refractivity contribution in [2.24, 2.45) is 0 Å². The van der Waals surface area contributed by atoms with Crippen molar-refractivity contribution in [3.05, 3.63) is 62.6 Å². The highest BCUT2D eigenvalue weighted by Gasteiger charge is 2.32. The number of hydrogen-bond donors (Lipinski definition) is 1. The van der Waals surface area contributed by atoms with Gasteiger partial charge in [0.1, 0.15) is 18.1 Å². The molecule has 0 saturated carbocycles. The van der Waals surface area contributed by atoms with Crippen molar-refractivity contribution < 1.29 is 23.5 Å². The number of nitrogens with one attached hydrogen (secondary N) is 1. The van der Waals surface area contributed by atoms with Crippen molar-refractivity contribution >= 4 is 40.6 Å². The minimum atomic E-state index is -0.437. The first-order valence-corrected chi connectivity index (χ1v) is 10.2. The van der Waals surface area contributed by atoms with Crippen LogP contribution in [0.3, 0.4) is 0 Å². The molecule has 6 nitrogen and oxygen atoms in total. The Balaban J connectivity index is 1.89. The quantitative estimate of drug-likeness (QED) is 0.343. The summed E-state index contributed by atoms with van der Waals surface area (Å²) >= 11 is 2.10. The van der Waals surface area contributed by atoms with Crippen LogP contribution in [0.4, 0.5) is 9.18 Å². The monoisotopic (exact) mass is 510 g/mol. The molecule has 1 aliphatic heterocycles. The van der Waals surface area contributed by atoms with Gasteiger partial charge in [-0.15, -0.1) is 0 Å². The summed E-state index contributed by atoms with van der Waals surface area (Å²) in [6, 6.07) is 9.51. The molecule has 1 fully saturated rings. The van der Waals surface area contributed by atoms with Crippen LogP contribution in [0.2, 0.25) is 0 Å². The number of carbonyl (C=O) groups excluding carboxylic acids is 2. The zero-order chi connectivity index (χ0) is 21.0. The fourth-order valence-electron chi connectivity index (χ4n) is 2.87. The fraction of sp³-hybridized carbons (Fsp3) is 0.238. The van der Waals surface area contributed by atoms with Gasteiger partial charge in [0.05, 0.1) is 10.2 Å². The van der Waals surface area contributed by atoms with Gasteiger partial charge in [-0.1, -0.05) is 18.2 Å². The minimum absolute atomic E-state index is 0.0587. The number of halogens is 2. The van der Waals surface area contributed by atoms with Crippen molar-refractivity contribution in [2.45, 2.75) is 20.5 Å². The van der Waals surface area contributed by atoms with Gasteiger partial charge in [-0.3, -0.25) is 9.69 Å². The van der Waals surface area contributed by atoms with Crippen molar-refractivity contribution in [1.29, 1.82) is 0 Å². The number of carbonyl (C=O) groups is 2. The van der Waals surface area contributed by atoms with Gasteiger partial charge in [0.2, 0.25) is 0 Å². The number of nitrogens with zero attached hydrogens (tertiary/aromatic N) is 1. The summed E-state index contributed by atoms with van der Waals surface area (Å²) in [6.45, 7) is 4.35. The van der Waals surface area contributed by atoms with Crippen LogP contribution < -0.4 is 14.8 Å². The van der Waals surface area contributed by atoms with Crippen LogP contribution >= 0.6 is 22.6 Å². The molecule has 3 rings (SSSR count). The predicted molar refractivity (Wildman–Crippen MR) is 115 cm³/mol. The van der Waals surface area contributed by atoms with E-state index in [2.05, 4.69) is 27.9 Å². The largest absolute Gasteiger partial charge is 0.490 e. The van der Waals surface area contributed by atoms with Crippen molar-refractivity contribution in [2.75, 3.05) is 13.2 Å². The van der Waals surface area contributed by atoms with E-state index in [1.807, 2.05) is 6.92 Å². The molecule has 2 aromatic carbocycles. The lowest BCUT2D eigenvalue weighted by atomic mass is 10.1. The van der Waals surface area contributed by atoms with Gasteiger partial charge in [-0.25, -0.2) is 9.18 Å². The second-order valence-electron chi connectivity index (χ2n) is 6.18. The molecule has 0 atom stereocenters. The standard InChI is InChI=1S/C21H20FIN2O4/c1-3-25-20(26)17(24-21(25)27)10-13-9-16(23)19(18(11-13)28-4-2)29-12-14-7-5-6-8-15(14)22/h5-11H,3-4,12H2,1-2H3,(H,24,27)/b17-10+. The highest BCUT2D eigenvalue weighted by molar-refractivity contribution is 14.1. The van der Waals surface area contributed by atoms with E-state index in [4.69, 9.17) is 9.47 Å². The van der Waals surface area contributed by atoms with Gasteiger partial charge < -0.3 is 14.8 Å². The van der Waals surface area contributed by atoms with E-state index in [1.165, 1.54) is 6.07 Å². The SMILES string of the molecule is CCOc1cc(/C=C2/NC(=O)N(CC)C2=O)cc(I)c1OCc1ccccc1F. The van der Waals surface area contributed by atoms with Crippen molar-refractivity contribution in [1.82, 2.24) is 10.2 Å².